The van der Waals surface area contributed by atoms with Crippen molar-refractivity contribution in [2.45, 2.75) is 31.5 Å². The van der Waals surface area contributed by atoms with Crippen molar-refractivity contribution in [1.29, 1.82) is 0 Å². The fraction of sp³-hybridized carbons (Fsp3) is 0.692. The Morgan fingerprint density at radius 3 is 2.58 bits per heavy atom. The van der Waals surface area contributed by atoms with E-state index in [1.165, 1.54) is 11.8 Å². The SMILES string of the molecule is CSc1nc(N)cc(NC(CC(C)C)CN(C)C)n1. The van der Waals surface area contributed by atoms with E-state index in [-0.39, 0.29) is 0 Å². The van der Waals surface area contributed by atoms with Gasteiger partial charge < -0.3 is 16.0 Å². The van der Waals surface area contributed by atoms with Crippen molar-refractivity contribution in [3.63, 3.8) is 0 Å². The van der Waals surface area contributed by atoms with Gasteiger partial charge in [-0.1, -0.05) is 25.6 Å². The van der Waals surface area contributed by atoms with Gasteiger partial charge in [-0.3, -0.25) is 0 Å². The van der Waals surface area contributed by atoms with Crippen molar-refractivity contribution < 1.29 is 0 Å². The first kappa shape index (κ1) is 16.0. The molecule has 1 aromatic heterocycles. The zero-order chi connectivity index (χ0) is 14.4. The molecule has 0 radical (unpaired) electrons. The molecule has 3 N–H and O–H groups in total. The molecule has 0 bridgehead atoms. The lowest BCUT2D eigenvalue weighted by atomic mass is 10.0. The second-order valence-electron chi connectivity index (χ2n) is 5.40. The predicted molar refractivity (Wildman–Crippen MR) is 83.6 cm³/mol. The predicted octanol–water partition coefficient (Wildman–Crippen LogP) is 2.17. The van der Waals surface area contributed by atoms with E-state index in [2.05, 4.69) is 48.1 Å². The fourth-order valence-electron chi connectivity index (χ4n) is 2.01. The smallest absolute Gasteiger partial charge is 0.191 e. The maximum Gasteiger partial charge on any atom is 0.191 e. The van der Waals surface area contributed by atoms with Crippen LogP contribution in [0, 0.1) is 5.92 Å². The molecular weight excluding hydrogens is 258 g/mol. The van der Waals surface area contributed by atoms with Crippen LogP contribution < -0.4 is 11.1 Å². The molecule has 5 nitrogen and oxygen atoms in total. The molecule has 1 aromatic rings. The quantitative estimate of drug-likeness (QED) is 0.590. The molecule has 6 heteroatoms. The third-order valence-corrected chi connectivity index (χ3v) is 3.15. The maximum absolute atomic E-state index is 5.80. The molecule has 0 aliphatic rings. The summed E-state index contributed by atoms with van der Waals surface area (Å²) in [5, 5.41) is 4.18. The van der Waals surface area contributed by atoms with Crippen molar-refractivity contribution in [3.8, 4) is 0 Å². The second kappa shape index (κ2) is 7.55. The molecule has 0 aromatic carbocycles. The molecule has 0 saturated heterocycles. The molecule has 108 valence electrons. The summed E-state index contributed by atoms with van der Waals surface area (Å²) in [7, 11) is 4.16. The van der Waals surface area contributed by atoms with Crippen LogP contribution in [0.2, 0.25) is 0 Å². The number of nitrogens with one attached hydrogen (secondary N) is 1. The number of hydrogen-bond acceptors (Lipinski definition) is 6. The van der Waals surface area contributed by atoms with Crippen molar-refractivity contribution in [3.05, 3.63) is 6.07 Å². The standard InChI is InChI=1S/C13H25N5S/c1-9(2)6-10(8-18(3)4)15-12-7-11(14)16-13(17-12)19-5/h7,9-10H,6,8H2,1-5H3,(H3,14,15,16,17). The molecular formula is C13H25N5S. The lowest BCUT2D eigenvalue weighted by Crippen LogP contribution is -2.33. The minimum atomic E-state index is 0.360. The first-order valence-electron chi connectivity index (χ1n) is 6.50. The van der Waals surface area contributed by atoms with Crippen LogP contribution >= 0.6 is 11.8 Å². The average molecular weight is 283 g/mol. The molecule has 0 fully saturated rings. The Bertz CT molecular complexity index is 385. The Balaban J connectivity index is 2.79. The summed E-state index contributed by atoms with van der Waals surface area (Å²) in [4.78, 5) is 10.8. The molecule has 1 heterocycles. The number of nitrogens with zero attached hydrogens (tertiary/aromatic N) is 3. The van der Waals surface area contributed by atoms with Crippen molar-refractivity contribution in [2.24, 2.45) is 5.92 Å². The van der Waals surface area contributed by atoms with Gasteiger partial charge in [0, 0.05) is 18.7 Å². The Morgan fingerprint density at radius 2 is 2.05 bits per heavy atom. The summed E-state index contributed by atoms with van der Waals surface area (Å²) in [6.45, 7) is 5.43. The number of thioether (sulfide) groups is 1. The van der Waals surface area contributed by atoms with Gasteiger partial charge in [-0.25, -0.2) is 9.97 Å². The summed E-state index contributed by atoms with van der Waals surface area (Å²) in [6, 6.07) is 2.15. The van der Waals surface area contributed by atoms with Crippen LogP contribution in [0.15, 0.2) is 11.2 Å². The monoisotopic (exact) mass is 283 g/mol. The highest BCUT2D eigenvalue weighted by Crippen LogP contribution is 2.17. The second-order valence-corrected chi connectivity index (χ2v) is 6.17. The zero-order valence-corrected chi connectivity index (χ0v) is 13.3. The average Bonchev–Trinajstić information content (AvgIpc) is 2.26. The highest BCUT2D eigenvalue weighted by atomic mass is 32.2. The van der Waals surface area contributed by atoms with E-state index in [1.54, 1.807) is 6.07 Å². The van der Waals surface area contributed by atoms with Crippen molar-refractivity contribution in [2.75, 3.05) is 37.9 Å². The zero-order valence-electron chi connectivity index (χ0n) is 12.5. The normalized spacial score (nSPS) is 13.0. The van der Waals surface area contributed by atoms with Crippen LogP contribution in [0.5, 0.6) is 0 Å². The Kier molecular flexibility index (Phi) is 6.37. The van der Waals surface area contributed by atoms with Crippen LogP contribution in [-0.4, -0.2) is 47.8 Å². The van der Waals surface area contributed by atoms with E-state index in [4.69, 9.17) is 5.73 Å². The van der Waals surface area contributed by atoms with Crippen LogP contribution in [0.25, 0.3) is 0 Å². The highest BCUT2D eigenvalue weighted by Gasteiger charge is 2.13. The summed E-state index contributed by atoms with van der Waals surface area (Å²) >= 11 is 1.50. The summed E-state index contributed by atoms with van der Waals surface area (Å²) in [5.41, 5.74) is 5.80. The van der Waals surface area contributed by atoms with E-state index in [0.29, 0.717) is 22.9 Å². The van der Waals surface area contributed by atoms with Gasteiger partial charge in [0.15, 0.2) is 5.16 Å². The van der Waals surface area contributed by atoms with Crippen LogP contribution in [0.4, 0.5) is 11.6 Å². The van der Waals surface area contributed by atoms with Crippen LogP contribution in [-0.2, 0) is 0 Å². The Hall–Kier alpha value is -1.01. The van der Waals surface area contributed by atoms with E-state index < -0.39 is 0 Å². The van der Waals surface area contributed by atoms with Gasteiger partial charge >= 0.3 is 0 Å². The molecule has 0 aliphatic heterocycles. The molecule has 0 aliphatic carbocycles. The number of likely N-dealkylation sites (N-methyl/N-ethyl adjacent to an activating group) is 1. The molecule has 19 heavy (non-hydrogen) atoms. The highest BCUT2D eigenvalue weighted by molar-refractivity contribution is 7.98. The summed E-state index contributed by atoms with van der Waals surface area (Å²) < 4.78 is 0. The van der Waals surface area contributed by atoms with Gasteiger partial charge in [-0.2, -0.15) is 0 Å². The fourth-order valence-corrected chi connectivity index (χ4v) is 2.39. The van der Waals surface area contributed by atoms with Crippen molar-refractivity contribution >= 4 is 23.4 Å². The molecule has 0 spiro atoms. The van der Waals surface area contributed by atoms with Gasteiger partial charge in [0.2, 0.25) is 0 Å². The number of hydrogen-bond donors (Lipinski definition) is 2. The maximum atomic E-state index is 5.80. The first-order valence-corrected chi connectivity index (χ1v) is 7.73. The van der Waals surface area contributed by atoms with Gasteiger partial charge in [-0.05, 0) is 32.7 Å². The molecule has 1 rings (SSSR count). The Morgan fingerprint density at radius 1 is 1.37 bits per heavy atom. The van der Waals surface area contributed by atoms with Crippen molar-refractivity contribution in [1.82, 2.24) is 14.9 Å². The third kappa shape index (κ3) is 6.11. The van der Waals surface area contributed by atoms with Gasteiger partial charge in [0.25, 0.3) is 0 Å². The molecule has 1 unspecified atom stereocenters. The minimum Gasteiger partial charge on any atom is -0.383 e. The molecule has 0 saturated carbocycles. The minimum absolute atomic E-state index is 0.360. The third-order valence-electron chi connectivity index (χ3n) is 2.60. The van der Waals surface area contributed by atoms with Gasteiger partial charge in [-0.15, -0.1) is 0 Å². The lowest BCUT2D eigenvalue weighted by Gasteiger charge is -2.24. The van der Waals surface area contributed by atoms with Crippen LogP contribution in [0.1, 0.15) is 20.3 Å². The van der Waals surface area contributed by atoms with Gasteiger partial charge in [0.1, 0.15) is 11.6 Å². The number of nitrogens with two attached hydrogens (primary N) is 1. The lowest BCUT2D eigenvalue weighted by molar-refractivity contribution is 0.356. The van der Waals surface area contributed by atoms with E-state index >= 15 is 0 Å². The molecule has 1 atom stereocenters. The molecule has 0 amide bonds. The number of aromatic nitrogens is 2. The van der Waals surface area contributed by atoms with Crippen LogP contribution in [0.3, 0.4) is 0 Å². The summed E-state index contributed by atoms with van der Waals surface area (Å²) in [6.07, 6.45) is 3.04. The van der Waals surface area contributed by atoms with E-state index in [1.807, 2.05) is 6.26 Å². The first-order chi connectivity index (χ1) is 8.90. The summed E-state index contributed by atoms with van der Waals surface area (Å²) in [5.74, 6) is 1.95. The topological polar surface area (TPSA) is 67.1 Å². The number of rotatable bonds is 7. The number of anilines is 2. The van der Waals surface area contributed by atoms with E-state index in [0.717, 1.165) is 18.8 Å². The Labute approximate surface area is 120 Å². The largest absolute Gasteiger partial charge is 0.383 e. The number of nitrogen functional groups attached to an aromatic ring is 1. The van der Waals surface area contributed by atoms with Gasteiger partial charge in [0.05, 0.1) is 0 Å². The van der Waals surface area contributed by atoms with E-state index in [9.17, 15) is 0 Å².